The molecule has 0 radical (unpaired) electrons. The minimum Gasteiger partial charge on any atom is -0.391 e. The molecule has 1 fully saturated rings. The summed E-state index contributed by atoms with van der Waals surface area (Å²) < 4.78 is 0. The lowest BCUT2D eigenvalue weighted by Crippen LogP contribution is -2.45. The van der Waals surface area contributed by atoms with Crippen LogP contribution in [0.1, 0.15) is 22.3 Å². The molecule has 1 saturated heterocycles. The molecule has 2 N–H and O–H groups in total. The van der Waals surface area contributed by atoms with E-state index in [2.05, 4.69) is 10.3 Å². The fourth-order valence-corrected chi connectivity index (χ4v) is 3.93. The fraction of sp³-hybridized carbons (Fsp3) is 0.208. The fourth-order valence-electron chi connectivity index (χ4n) is 3.80. The number of likely N-dealkylation sites (tertiary alicyclic amines) is 1. The first-order chi connectivity index (χ1) is 15.0. The molecule has 1 aliphatic heterocycles. The van der Waals surface area contributed by atoms with Crippen molar-refractivity contribution in [3.8, 4) is 11.1 Å². The van der Waals surface area contributed by atoms with E-state index in [0.717, 1.165) is 16.7 Å². The first-order valence-corrected chi connectivity index (χ1v) is 10.4. The van der Waals surface area contributed by atoms with Gasteiger partial charge in [0.25, 0.3) is 5.91 Å². The zero-order valence-electron chi connectivity index (χ0n) is 16.7. The number of nitrogens with one attached hydrogen (secondary N) is 1. The molecule has 0 aliphatic carbocycles. The smallest absolute Gasteiger partial charge is 0.255 e. The molecule has 7 heteroatoms. The van der Waals surface area contributed by atoms with Crippen LogP contribution in [-0.2, 0) is 11.3 Å². The van der Waals surface area contributed by atoms with Gasteiger partial charge in [0.05, 0.1) is 6.10 Å². The van der Waals surface area contributed by atoms with Crippen molar-refractivity contribution in [2.75, 3.05) is 6.54 Å². The number of pyridine rings is 1. The summed E-state index contributed by atoms with van der Waals surface area (Å²) in [7, 11) is 0. The highest BCUT2D eigenvalue weighted by atomic mass is 35.5. The Balaban J connectivity index is 1.53. The average Bonchev–Trinajstić information content (AvgIpc) is 3.20. The molecule has 158 valence electrons. The molecule has 2 amide bonds. The van der Waals surface area contributed by atoms with Crippen LogP contribution in [-0.4, -0.2) is 45.5 Å². The number of rotatable bonds is 5. The predicted octanol–water partition coefficient (Wildman–Crippen LogP) is 3.29. The van der Waals surface area contributed by atoms with E-state index in [1.165, 1.54) is 4.90 Å². The zero-order valence-corrected chi connectivity index (χ0v) is 17.5. The van der Waals surface area contributed by atoms with Gasteiger partial charge < -0.3 is 15.3 Å². The number of nitrogens with zero attached hydrogens (tertiary/aromatic N) is 2. The molecular weight excluding hydrogens is 414 g/mol. The van der Waals surface area contributed by atoms with Crippen LogP contribution >= 0.6 is 11.6 Å². The Morgan fingerprint density at radius 2 is 1.77 bits per heavy atom. The summed E-state index contributed by atoms with van der Waals surface area (Å²) in [6.07, 6.45) is 2.80. The van der Waals surface area contributed by atoms with Crippen LogP contribution in [0.2, 0.25) is 5.02 Å². The molecule has 31 heavy (non-hydrogen) atoms. The van der Waals surface area contributed by atoms with Gasteiger partial charge in [-0.25, -0.2) is 0 Å². The molecule has 2 unspecified atom stereocenters. The molecule has 2 atom stereocenters. The van der Waals surface area contributed by atoms with Crippen LogP contribution in [0, 0.1) is 0 Å². The number of aliphatic hydroxyl groups excluding tert-OH is 1. The van der Waals surface area contributed by atoms with E-state index in [1.807, 2.05) is 36.4 Å². The molecule has 6 nitrogen and oxygen atoms in total. The van der Waals surface area contributed by atoms with Gasteiger partial charge in [-0.05, 0) is 47.0 Å². The van der Waals surface area contributed by atoms with Crippen LogP contribution < -0.4 is 5.32 Å². The van der Waals surface area contributed by atoms with Crippen molar-refractivity contribution in [1.82, 2.24) is 15.2 Å². The Kier molecular flexibility index (Phi) is 6.30. The highest BCUT2D eigenvalue weighted by Crippen LogP contribution is 2.27. The van der Waals surface area contributed by atoms with Crippen LogP contribution in [0.25, 0.3) is 11.1 Å². The van der Waals surface area contributed by atoms with E-state index in [1.54, 1.807) is 36.7 Å². The van der Waals surface area contributed by atoms with Crippen molar-refractivity contribution >= 4 is 23.4 Å². The van der Waals surface area contributed by atoms with Crippen molar-refractivity contribution in [1.29, 1.82) is 0 Å². The minimum atomic E-state index is -0.747. The Morgan fingerprint density at radius 1 is 1.06 bits per heavy atom. The minimum absolute atomic E-state index is 0.114. The number of hydrogen-bond acceptors (Lipinski definition) is 4. The lowest BCUT2D eigenvalue weighted by Gasteiger charge is -2.25. The van der Waals surface area contributed by atoms with Gasteiger partial charge in [-0.1, -0.05) is 41.9 Å². The van der Waals surface area contributed by atoms with E-state index in [4.69, 9.17) is 11.6 Å². The van der Waals surface area contributed by atoms with Crippen molar-refractivity contribution in [2.45, 2.75) is 25.1 Å². The van der Waals surface area contributed by atoms with E-state index in [-0.39, 0.29) is 24.8 Å². The van der Waals surface area contributed by atoms with E-state index < -0.39 is 12.1 Å². The summed E-state index contributed by atoms with van der Waals surface area (Å²) in [6.45, 7) is 0.431. The average molecular weight is 436 g/mol. The van der Waals surface area contributed by atoms with Gasteiger partial charge in [0, 0.05) is 42.5 Å². The predicted molar refractivity (Wildman–Crippen MR) is 118 cm³/mol. The van der Waals surface area contributed by atoms with Crippen LogP contribution in [0.15, 0.2) is 73.1 Å². The van der Waals surface area contributed by atoms with E-state index >= 15 is 0 Å². The van der Waals surface area contributed by atoms with Gasteiger partial charge in [0.1, 0.15) is 6.04 Å². The lowest BCUT2D eigenvalue weighted by molar-refractivity contribution is -0.125. The summed E-state index contributed by atoms with van der Waals surface area (Å²) >= 11 is 5.90. The van der Waals surface area contributed by atoms with E-state index in [0.29, 0.717) is 17.1 Å². The summed E-state index contributed by atoms with van der Waals surface area (Å²) in [5, 5.41) is 13.7. The summed E-state index contributed by atoms with van der Waals surface area (Å²) in [5.41, 5.74) is 3.01. The largest absolute Gasteiger partial charge is 0.391 e. The topological polar surface area (TPSA) is 82.5 Å². The number of aromatic nitrogens is 1. The monoisotopic (exact) mass is 435 g/mol. The lowest BCUT2D eigenvalue weighted by atomic mass is 9.99. The third kappa shape index (κ3) is 4.76. The van der Waals surface area contributed by atoms with Crippen LogP contribution in [0.4, 0.5) is 0 Å². The van der Waals surface area contributed by atoms with Crippen LogP contribution in [0.3, 0.4) is 0 Å². The summed E-state index contributed by atoms with van der Waals surface area (Å²) in [5.74, 6) is -0.572. The molecule has 1 aliphatic rings. The Morgan fingerprint density at radius 3 is 2.52 bits per heavy atom. The summed E-state index contributed by atoms with van der Waals surface area (Å²) in [6, 6.07) is 17.4. The van der Waals surface area contributed by atoms with Gasteiger partial charge in [-0.2, -0.15) is 0 Å². The number of hydrogen-bond donors (Lipinski definition) is 2. The molecule has 0 saturated carbocycles. The first-order valence-electron chi connectivity index (χ1n) is 10.0. The second-order valence-electron chi connectivity index (χ2n) is 7.49. The van der Waals surface area contributed by atoms with E-state index in [9.17, 15) is 14.7 Å². The summed E-state index contributed by atoms with van der Waals surface area (Å²) in [4.78, 5) is 31.8. The van der Waals surface area contributed by atoms with Crippen molar-refractivity contribution in [3.05, 3.63) is 89.2 Å². The van der Waals surface area contributed by atoms with Crippen molar-refractivity contribution in [2.24, 2.45) is 0 Å². The Bertz CT molecular complexity index is 1070. The first kappa shape index (κ1) is 21.0. The third-order valence-electron chi connectivity index (χ3n) is 5.37. The standard InChI is InChI=1S/C24H22ClN3O3/c25-18-7-5-16(6-8-18)14-27-23(30)22-13-19(29)15-28(22)24(31)21-4-2-1-3-20(21)17-9-11-26-12-10-17/h1-12,19,22,29H,13-15H2,(H,27,30). The van der Waals surface area contributed by atoms with Gasteiger partial charge >= 0.3 is 0 Å². The second kappa shape index (κ2) is 9.29. The maximum atomic E-state index is 13.4. The zero-order chi connectivity index (χ0) is 21.8. The highest BCUT2D eigenvalue weighted by Gasteiger charge is 2.39. The number of β-amino-alcohol motifs (C(OH)–C–C–N with tert-alkyl or cyclic N) is 1. The molecular formula is C24H22ClN3O3. The van der Waals surface area contributed by atoms with Crippen molar-refractivity contribution in [3.63, 3.8) is 0 Å². The van der Waals surface area contributed by atoms with Crippen molar-refractivity contribution < 1.29 is 14.7 Å². The molecule has 0 spiro atoms. The maximum absolute atomic E-state index is 13.4. The van der Waals surface area contributed by atoms with Gasteiger partial charge in [0.15, 0.2) is 0 Å². The molecule has 2 heterocycles. The Labute approximate surface area is 185 Å². The number of amides is 2. The highest BCUT2D eigenvalue weighted by molar-refractivity contribution is 6.30. The molecule has 1 aromatic heterocycles. The molecule has 4 rings (SSSR count). The maximum Gasteiger partial charge on any atom is 0.255 e. The SMILES string of the molecule is O=C(NCc1ccc(Cl)cc1)C1CC(O)CN1C(=O)c1ccccc1-c1ccncc1. The Hall–Kier alpha value is -3.22. The van der Waals surface area contributed by atoms with Gasteiger partial charge in [0.2, 0.25) is 5.91 Å². The number of carbonyl (C=O) groups excluding carboxylic acids is 2. The number of halogens is 1. The quantitative estimate of drug-likeness (QED) is 0.644. The normalized spacial score (nSPS) is 18.1. The van der Waals surface area contributed by atoms with Gasteiger partial charge in [-0.15, -0.1) is 0 Å². The molecule has 3 aromatic rings. The van der Waals surface area contributed by atoms with Gasteiger partial charge in [-0.3, -0.25) is 14.6 Å². The number of aliphatic hydroxyl groups is 1. The number of carbonyl (C=O) groups is 2. The molecule has 0 bridgehead atoms. The molecule has 2 aromatic carbocycles. The van der Waals surface area contributed by atoms with Crippen LogP contribution in [0.5, 0.6) is 0 Å². The number of benzene rings is 2. The third-order valence-corrected chi connectivity index (χ3v) is 5.62. The second-order valence-corrected chi connectivity index (χ2v) is 7.93.